The van der Waals surface area contributed by atoms with Crippen molar-refractivity contribution in [1.29, 1.82) is 0 Å². The number of piperidine rings is 1. The molecule has 1 aromatic rings. The summed E-state index contributed by atoms with van der Waals surface area (Å²) >= 11 is 0. The van der Waals surface area contributed by atoms with Crippen LogP contribution in [0.1, 0.15) is 26.7 Å². The predicted octanol–water partition coefficient (Wildman–Crippen LogP) is 1.33. The molecule has 2 aliphatic rings. The summed E-state index contributed by atoms with van der Waals surface area (Å²) in [4.78, 5) is 25.5. The number of halogens is 1. The first-order valence-corrected chi connectivity index (χ1v) is 8.12. The van der Waals surface area contributed by atoms with Gasteiger partial charge in [0.2, 0.25) is 11.9 Å². The van der Waals surface area contributed by atoms with Crippen LogP contribution in [0.4, 0.5) is 5.95 Å². The summed E-state index contributed by atoms with van der Waals surface area (Å²) in [6, 6.07) is 1.76. The number of aromatic nitrogens is 2. The highest BCUT2D eigenvalue weighted by Crippen LogP contribution is 2.31. The number of rotatable bonds is 2. The van der Waals surface area contributed by atoms with Crippen molar-refractivity contribution in [3.8, 4) is 0 Å². The Labute approximate surface area is 144 Å². The van der Waals surface area contributed by atoms with Gasteiger partial charge < -0.3 is 15.1 Å². The Kier molecular flexibility index (Phi) is 5.81. The van der Waals surface area contributed by atoms with Gasteiger partial charge in [-0.2, -0.15) is 0 Å². The molecule has 1 N–H and O–H groups in total. The maximum atomic E-state index is 12.8. The van der Waals surface area contributed by atoms with Crippen molar-refractivity contribution in [1.82, 2.24) is 20.2 Å². The summed E-state index contributed by atoms with van der Waals surface area (Å²) in [5.41, 5.74) is 0.0367. The van der Waals surface area contributed by atoms with Crippen LogP contribution in [0.2, 0.25) is 0 Å². The summed E-state index contributed by atoms with van der Waals surface area (Å²) in [5, 5.41) is 3.42. The summed E-state index contributed by atoms with van der Waals surface area (Å²) in [7, 11) is 0. The number of nitrogens with one attached hydrogen (secondary N) is 1. The Morgan fingerprint density at radius 2 is 1.87 bits per heavy atom. The first kappa shape index (κ1) is 17.9. The quantitative estimate of drug-likeness (QED) is 0.880. The first-order valence-electron chi connectivity index (χ1n) is 8.12. The first-order chi connectivity index (χ1) is 10.6. The van der Waals surface area contributed by atoms with Gasteiger partial charge in [-0.1, -0.05) is 13.8 Å². The van der Waals surface area contributed by atoms with Crippen LogP contribution in [0.15, 0.2) is 18.5 Å². The Morgan fingerprint density at radius 3 is 2.48 bits per heavy atom. The van der Waals surface area contributed by atoms with Gasteiger partial charge in [-0.3, -0.25) is 4.79 Å². The molecule has 0 bridgehead atoms. The maximum absolute atomic E-state index is 12.8. The van der Waals surface area contributed by atoms with E-state index in [0.717, 1.165) is 51.5 Å². The van der Waals surface area contributed by atoms with Gasteiger partial charge in [0.15, 0.2) is 0 Å². The molecule has 1 atom stereocenters. The lowest BCUT2D eigenvalue weighted by Gasteiger charge is -2.43. The molecule has 2 fully saturated rings. The van der Waals surface area contributed by atoms with Crippen molar-refractivity contribution < 1.29 is 4.79 Å². The van der Waals surface area contributed by atoms with E-state index in [1.807, 2.05) is 11.0 Å². The number of carbonyl (C=O) groups is 1. The number of nitrogens with zero attached hydrogens (tertiary/aromatic N) is 4. The van der Waals surface area contributed by atoms with Crippen LogP contribution in [0, 0.1) is 5.41 Å². The van der Waals surface area contributed by atoms with E-state index in [1.54, 1.807) is 12.4 Å². The van der Waals surface area contributed by atoms with E-state index in [2.05, 4.69) is 34.0 Å². The normalized spacial score (nSPS) is 24.0. The number of carbonyl (C=O) groups excluding carboxylic acids is 1. The average Bonchev–Trinajstić information content (AvgIpc) is 2.55. The highest BCUT2D eigenvalue weighted by Gasteiger charge is 2.39. The minimum atomic E-state index is -0.0548. The largest absolute Gasteiger partial charge is 0.338 e. The molecule has 0 radical (unpaired) electrons. The van der Waals surface area contributed by atoms with Crippen LogP contribution >= 0.6 is 12.4 Å². The summed E-state index contributed by atoms with van der Waals surface area (Å²) in [6.07, 6.45) is 5.77. The molecule has 0 aliphatic carbocycles. The second-order valence-electron chi connectivity index (χ2n) is 6.84. The van der Waals surface area contributed by atoms with Crippen molar-refractivity contribution in [2.24, 2.45) is 5.41 Å². The number of hydrogen-bond donors (Lipinski definition) is 1. The van der Waals surface area contributed by atoms with E-state index in [4.69, 9.17) is 0 Å². The Hall–Kier alpha value is -1.40. The monoisotopic (exact) mass is 339 g/mol. The lowest BCUT2D eigenvalue weighted by Crippen LogP contribution is -2.60. The molecule has 0 spiro atoms. The Bertz CT molecular complexity index is 516. The second kappa shape index (κ2) is 7.45. The van der Waals surface area contributed by atoms with Crippen LogP contribution < -0.4 is 10.2 Å². The van der Waals surface area contributed by atoms with Gasteiger partial charge in [0.25, 0.3) is 0 Å². The SMILES string of the molecule is CC1(C)CCCNC1C(=O)N1CCN(c2ncccn2)CC1.Cl. The van der Waals surface area contributed by atoms with Crippen molar-refractivity contribution >= 4 is 24.3 Å². The lowest BCUT2D eigenvalue weighted by atomic mass is 9.77. The fourth-order valence-corrected chi connectivity index (χ4v) is 3.40. The minimum Gasteiger partial charge on any atom is -0.338 e. The standard InChI is InChI=1S/C16H25N5O.ClH/c1-16(2)5-3-6-17-13(16)14(22)20-9-11-21(12-10-20)15-18-7-4-8-19-15;/h4,7-8,13,17H,3,5-6,9-12H2,1-2H3;1H. The smallest absolute Gasteiger partial charge is 0.240 e. The highest BCUT2D eigenvalue weighted by molar-refractivity contribution is 5.85. The molecule has 3 heterocycles. The van der Waals surface area contributed by atoms with Crippen LogP contribution in [0.25, 0.3) is 0 Å². The molecule has 3 rings (SSSR count). The van der Waals surface area contributed by atoms with Crippen molar-refractivity contribution in [2.45, 2.75) is 32.7 Å². The van der Waals surface area contributed by atoms with Gasteiger partial charge in [-0.15, -0.1) is 12.4 Å². The summed E-state index contributed by atoms with van der Waals surface area (Å²) < 4.78 is 0. The third-order valence-electron chi connectivity index (χ3n) is 4.80. The minimum absolute atomic E-state index is 0. The molecule has 7 heteroatoms. The van der Waals surface area contributed by atoms with Gasteiger partial charge in [-0.25, -0.2) is 9.97 Å². The Balaban J connectivity index is 0.00000192. The van der Waals surface area contributed by atoms with Gasteiger partial charge in [0.1, 0.15) is 0 Å². The van der Waals surface area contributed by atoms with Gasteiger partial charge in [0, 0.05) is 38.6 Å². The topological polar surface area (TPSA) is 61.4 Å². The zero-order valence-corrected chi connectivity index (χ0v) is 14.7. The summed E-state index contributed by atoms with van der Waals surface area (Å²) in [6.45, 7) is 8.39. The molecule has 6 nitrogen and oxygen atoms in total. The van der Waals surface area contributed by atoms with E-state index in [9.17, 15) is 4.79 Å². The predicted molar refractivity (Wildman–Crippen MR) is 92.9 cm³/mol. The van der Waals surface area contributed by atoms with Crippen LogP contribution in [-0.2, 0) is 4.79 Å². The molecule has 0 aromatic carbocycles. The van der Waals surface area contributed by atoms with E-state index < -0.39 is 0 Å². The third-order valence-corrected chi connectivity index (χ3v) is 4.80. The highest BCUT2D eigenvalue weighted by atomic mass is 35.5. The van der Waals surface area contributed by atoms with Crippen LogP contribution in [0.3, 0.4) is 0 Å². The lowest BCUT2D eigenvalue weighted by molar-refractivity contribution is -0.137. The number of piperazine rings is 1. The van der Waals surface area contributed by atoms with E-state index in [1.165, 1.54) is 0 Å². The van der Waals surface area contributed by atoms with Crippen LogP contribution in [0.5, 0.6) is 0 Å². The molecule has 2 saturated heterocycles. The number of hydrogen-bond acceptors (Lipinski definition) is 5. The van der Waals surface area contributed by atoms with Crippen molar-refractivity contribution in [3.05, 3.63) is 18.5 Å². The van der Waals surface area contributed by atoms with Gasteiger partial charge >= 0.3 is 0 Å². The van der Waals surface area contributed by atoms with E-state index in [-0.39, 0.29) is 29.8 Å². The molecular weight excluding hydrogens is 314 g/mol. The molecule has 1 amide bonds. The fraction of sp³-hybridized carbons (Fsp3) is 0.688. The van der Waals surface area contributed by atoms with E-state index >= 15 is 0 Å². The van der Waals surface area contributed by atoms with Crippen molar-refractivity contribution in [2.75, 3.05) is 37.6 Å². The fourth-order valence-electron chi connectivity index (χ4n) is 3.40. The van der Waals surface area contributed by atoms with Crippen LogP contribution in [-0.4, -0.2) is 59.5 Å². The molecule has 128 valence electrons. The zero-order valence-electron chi connectivity index (χ0n) is 13.9. The average molecular weight is 340 g/mol. The zero-order chi connectivity index (χ0) is 15.6. The number of anilines is 1. The number of amides is 1. The van der Waals surface area contributed by atoms with E-state index in [0.29, 0.717) is 0 Å². The van der Waals surface area contributed by atoms with Gasteiger partial charge in [-0.05, 0) is 30.9 Å². The molecule has 1 aromatic heterocycles. The maximum Gasteiger partial charge on any atom is 0.240 e. The third kappa shape index (κ3) is 3.93. The summed E-state index contributed by atoms with van der Waals surface area (Å²) in [5.74, 6) is 1.00. The Morgan fingerprint density at radius 1 is 1.22 bits per heavy atom. The van der Waals surface area contributed by atoms with Gasteiger partial charge in [0.05, 0.1) is 6.04 Å². The molecule has 2 aliphatic heterocycles. The molecule has 0 saturated carbocycles. The molecular formula is C16H26ClN5O. The molecule has 1 unspecified atom stereocenters. The molecule has 23 heavy (non-hydrogen) atoms. The van der Waals surface area contributed by atoms with Crippen molar-refractivity contribution in [3.63, 3.8) is 0 Å². The second-order valence-corrected chi connectivity index (χ2v) is 6.84.